The summed E-state index contributed by atoms with van der Waals surface area (Å²) in [5.74, 6) is -2.39. The van der Waals surface area contributed by atoms with Crippen LogP contribution in [0.5, 0.6) is 0 Å². The van der Waals surface area contributed by atoms with Crippen LogP contribution in [0, 0.1) is 11.8 Å². The van der Waals surface area contributed by atoms with Gasteiger partial charge in [0.15, 0.2) is 0 Å². The van der Waals surface area contributed by atoms with Crippen LogP contribution in [-0.2, 0) is 25.7 Å². The molecule has 0 bridgehead atoms. The largest absolute Gasteiger partial charge is 0.468 e. The summed E-state index contributed by atoms with van der Waals surface area (Å²) in [6, 6.07) is 9.09. The highest BCUT2D eigenvalue weighted by atomic mass is 19.1. The van der Waals surface area contributed by atoms with Gasteiger partial charge in [0.2, 0.25) is 5.91 Å². The van der Waals surface area contributed by atoms with Crippen LogP contribution in [0.3, 0.4) is 0 Å². The summed E-state index contributed by atoms with van der Waals surface area (Å²) in [6.45, 7) is 3.18. The lowest BCUT2D eigenvalue weighted by molar-refractivity contribution is -0.141. The Labute approximate surface area is 164 Å². The van der Waals surface area contributed by atoms with Gasteiger partial charge in [-0.2, -0.15) is 0 Å². The van der Waals surface area contributed by atoms with Crippen LogP contribution >= 0.6 is 0 Å². The predicted molar refractivity (Wildman–Crippen MR) is 102 cm³/mol. The lowest BCUT2D eigenvalue weighted by Crippen LogP contribution is -2.35. The number of methoxy groups -OCH3 is 1. The van der Waals surface area contributed by atoms with Crippen molar-refractivity contribution >= 4 is 18.0 Å². The van der Waals surface area contributed by atoms with Gasteiger partial charge < -0.3 is 20.1 Å². The van der Waals surface area contributed by atoms with Crippen molar-refractivity contribution < 1.29 is 28.2 Å². The predicted octanol–water partition coefficient (Wildman–Crippen LogP) is 2.72. The summed E-state index contributed by atoms with van der Waals surface area (Å²) in [4.78, 5) is 35.0. The number of halogens is 1. The second-order valence-corrected chi connectivity index (χ2v) is 6.56. The molecule has 1 rings (SSSR count). The molecule has 0 aromatic heterocycles. The van der Waals surface area contributed by atoms with Gasteiger partial charge in [-0.05, 0) is 24.0 Å². The van der Waals surface area contributed by atoms with E-state index in [2.05, 4.69) is 15.4 Å². The number of hydrogen-bond donors (Lipinski definition) is 2. The van der Waals surface area contributed by atoms with E-state index in [4.69, 9.17) is 4.74 Å². The molecule has 0 unspecified atom stereocenters. The molecule has 2 amide bonds. The molecular weight excluding hydrogens is 367 g/mol. The van der Waals surface area contributed by atoms with Crippen molar-refractivity contribution in [2.45, 2.75) is 26.9 Å². The molecular formula is C20H27FN2O5. The third-order valence-corrected chi connectivity index (χ3v) is 3.69. The number of ether oxygens (including phenoxy) is 2. The lowest BCUT2D eigenvalue weighted by Gasteiger charge is -2.15. The van der Waals surface area contributed by atoms with Gasteiger partial charge in [-0.3, -0.25) is 9.59 Å². The number of esters is 1. The number of benzene rings is 1. The number of carbonyl (C=O) groups excluding carboxylic acids is 3. The second kappa shape index (κ2) is 12.5. The van der Waals surface area contributed by atoms with E-state index >= 15 is 0 Å². The maximum Gasteiger partial charge on any atom is 0.407 e. The fourth-order valence-electron chi connectivity index (χ4n) is 2.33. The molecule has 8 heteroatoms. The van der Waals surface area contributed by atoms with Crippen molar-refractivity contribution in [2.24, 2.45) is 11.8 Å². The van der Waals surface area contributed by atoms with Crippen LogP contribution in [-0.4, -0.2) is 38.2 Å². The summed E-state index contributed by atoms with van der Waals surface area (Å²) in [5, 5.41) is 4.71. The quantitative estimate of drug-likeness (QED) is 0.595. The Morgan fingerprint density at radius 1 is 1.11 bits per heavy atom. The van der Waals surface area contributed by atoms with Gasteiger partial charge in [0.1, 0.15) is 19.0 Å². The molecule has 1 aromatic rings. The SMILES string of the molecule is COC(=O)CNC(=O)[C@@H](/C=C(\F)CNC(=O)OCc1ccccc1)CC(C)C. The molecule has 7 nitrogen and oxygen atoms in total. The van der Waals surface area contributed by atoms with Crippen LogP contribution in [0.2, 0.25) is 0 Å². The minimum Gasteiger partial charge on any atom is -0.468 e. The van der Waals surface area contributed by atoms with Gasteiger partial charge in [-0.25, -0.2) is 9.18 Å². The first-order valence-electron chi connectivity index (χ1n) is 8.97. The first-order chi connectivity index (χ1) is 13.3. The highest BCUT2D eigenvalue weighted by Crippen LogP contribution is 2.16. The molecule has 1 aromatic carbocycles. The Bertz CT molecular complexity index is 676. The van der Waals surface area contributed by atoms with E-state index in [9.17, 15) is 18.8 Å². The van der Waals surface area contributed by atoms with E-state index in [1.807, 2.05) is 32.0 Å². The molecule has 28 heavy (non-hydrogen) atoms. The summed E-state index contributed by atoms with van der Waals surface area (Å²) in [5.41, 5.74) is 0.813. The van der Waals surface area contributed by atoms with E-state index in [-0.39, 0.29) is 19.1 Å². The number of hydrogen-bond acceptors (Lipinski definition) is 5. The highest BCUT2D eigenvalue weighted by molar-refractivity contribution is 5.84. The Balaban J connectivity index is 2.53. The topological polar surface area (TPSA) is 93.7 Å². The Morgan fingerprint density at radius 3 is 2.39 bits per heavy atom. The normalized spacial score (nSPS) is 12.2. The monoisotopic (exact) mass is 394 g/mol. The fraction of sp³-hybridized carbons (Fsp3) is 0.450. The molecule has 0 aliphatic rings. The van der Waals surface area contributed by atoms with E-state index in [1.54, 1.807) is 12.1 Å². The molecule has 0 saturated carbocycles. The molecule has 154 valence electrons. The molecule has 0 saturated heterocycles. The molecule has 0 radical (unpaired) electrons. The van der Waals surface area contributed by atoms with Gasteiger partial charge in [-0.1, -0.05) is 44.2 Å². The van der Waals surface area contributed by atoms with Gasteiger partial charge in [-0.15, -0.1) is 0 Å². The van der Waals surface area contributed by atoms with Crippen molar-refractivity contribution in [3.05, 3.63) is 47.8 Å². The van der Waals surface area contributed by atoms with Crippen LogP contribution < -0.4 is 10.6 Å². The molecule has 1 atom stereocenters. The zero-order valence-corrected chi connectivity index (χ0v) is 16.4. The van der Waals surface area contributed by atoms with Crippen molar-refractivity contribution in [2.75, 3.05) is 20.2 Å². The van der Waals surface area contributed by atoms with Crippen LogP contribution in [0.1, 0.15) is 25.8 Å². The van der Waals surface area contributed by atoms with Gasteiger partial charge >= 0.3 is 12.1 Å². The summed E-state index contributed by atoms with van der Waals surface area (Å²) >= 11 is 0. The molecule has 0 aliphatic heterocycles. The first kappa shape index (κ1) is 23.1. The third-order valence-electron chi connectivity index (χ3n) is 3.69. The fourth-order valence-corrected chi connectivity index (χ4v) is 2.33. The summed E-state index contributed by atoms with van der Waals surface area (Å²) < 4.78 is 23.6. The molecule has 2 N–H and O–H groups in total. The van der Waals surface area contributed by atoms with Crippen LogP contribution in [0.25, 0.3) is 0 Å². The van der Waals surface area contributed by atoms with Crippen molar-refractivity contribution in [3.63, 3.8) is 0 Å². The number of rotatable bonds is 10. The van der Waals surface area contributed by atoms with Gasteiger partial charge in [0.25, 0.3) is 0 Å². The Hall–Kier alpha value is -2.90. The minimum absolute atomic E-state index is 0.0733. The van der Waals surface area contributed by atoms with Crippen molar-refractivity contribution in [3.8, 4) is 0 Å². The van der Waals surface area contributed by atoms with E-state index in [0.29, 0.717) is 6.42 Å². The standard InChI is InChI=1S/C20H27FN2O5/c1-14(2)9-16(19(25)22-12-18(24)27-3)10-17(21)11-23-20(26)28-13-15-7-5-4-6-8-15/h4-8,10,14,16H,9,11-13H2,1-3H3,(H,22,25)(H,23,26)/b17-10-/t16-/m1/s1. The smallest absolute Gasteiger partial charge is 0.407 e. The number of amides is 2. The average Bonchev–Trinajstić information content (AvgIpc) is 2.68. The molecule has 0 spiro atoms. The maximum absolute atomic E-state index is 14.2. The lowest BCUT2D eigenvalue weighted by atomic mass is 9.95. The van der Waals surface area contributed by atoms with Crippen molar-refractivity contribution in [1.82, 2.24) is 10.6 Å². The average molecular weight is 394 g/mol. The third kappa shape index (κ3) is 9.70. The van der Waals surface area contributed by atoms with Crippen LogP contribution in [0.4, 0.5) is 9.18 Å². The van der Waals surface area contributed by atoms with Gasteiger partial charge in [0.05, 0.1) is 19.6 Å². The minimum atomic E-state index is -0.771. The molecule has 0 heterocycles. The maximum atomic E-state index is 14.2. The van der Waals surface area contributed by atoms with Crippen LogP contribution in [0.15, 0.2) is 42.2 Å². The Kier molecular flexibility index (Phi) is 10.3. The molecule has 0 fully saturated rings. The van der Waals surface area contributed by atoms with Crippen molar-refractivity contribution in [1.29, 1.82) is 0 Å². The Morgan fingerprint density at radius 2 is 1.79 bits per heavy atom. The van der Waals surface area contributed by atoms with E-state index in [1.165, 1.54) is 7.11 Å². The van der Waals surface area contributed by atoms with Gasteiger partial charge in [0, 0.05) is 0 Å². The van der Waals surface area contributed by atoms with E-state index < -0.39 is 36.3 Å². The number of carbonyl (C=O) groups is 3. The zero-order chi connectivity index (χ0) is 20.9. The second-order valence-electron chi connectivity index (χ2n) is 6.56. The summed E-state index contributed by atoms with van der Waals surface area (Å²) in [6.07, 6.45) is 0.770. The highest BCUT2D eigenvalue weighted by Gasteiger charge is 2.19. The van der Waals surface area contributed by atoms with E-state index in [0.717, 1.165) is 11.6 Å². The first-order valence-corrected chi connectivity index (χ1v) is 8.97. The summed E-state index contributed by atoms with van der Waals surface area (Å²) in [7, 11) is 1.21. The number of alkyl carbamates (subject to hydrolysis) is 1. The zero-order valence-electron chi connectivity index (χ0n) is 16.4. The molecule has 0 aliphatic carbocycles. The number of nitrogens with one attached hydrogen (secondary N) is 2.